The Morgan fingerprint density at radius 1 is 0.956 bits per heavy atom. The molecule has 3 heterocycles. The van der Waals surface area contributed by atoms with E-state index in [2.05, 4.69) is 31.3 Å². The Morgan fingerprint density at radius 2 is 1.60 bits per heavy atom. The van der Waals surface area contributed by atoms with Gasteiger partial charge in [0.1, 0.15) is 24.7 Å². The number of fused-ring (bicyclic) bond motifs is 1. The van der Waals surface area contributed by atoms with Crippen LogP contribution in [0.2, 0.25) is 0 Å². The lowest BCUT2D eigenvalue weighted by molar-refractivity contribution is -0.154. The van der Waals surface area contributed by atoms with E-state index >= 15 is 0 Å². The summed E-state index contributed by atoms with van der Waals surface area (Å²) in [5.41, 5.74) is 5.77. The van der Waals surface area contributed by atoms with E-state index in [-0.39, 0.29) is 5.92 Å². The highest BCUT2D eigenvalue weighted by molar-refractivity contribution is 7.13. The van der Waals surface area contributed by atoms with E-state index in [1.165, 1.54) is 10.4 Å². The molecule has 2 aliphatic heterocycles. The van der Waals surface area contributed by atoms with Gasteiger partial charge in [-0.1, -0.05) is 74.5 Å². The van der Waals surface area contributed by atoms with Crippen LogP contribution in [0.1, 0.15) is 64.3 Å². The quantitative estimate of drug-likeness (QED) is 0.181. The highest BCUT2D eigenvalue weighted by atomic mass is 32.1. The van der Waals surface area contributed by atoms with Crippen molar-refractivity contribution in [1.82, 2.24) is 10.4 Å². The third-order valence-corrected chi connectivity index (χ3v) is 9.55. The molecule has 234 valence electrons. The fourth-order valence-electron chi connectivity index (χ4n) is 5.92. The number of hydrogen-bond donors (Lipinski definition) is 2. The molecule has 0 saturated heterocycles. The molecule has 7 nitrogen and oxygen atoms in total. The van der Waals surface area contributed by atoms with Gasteiger partial charge in [-0.3, -0.25) is 4.79 Å². The van der Waals surface area contributed by atoms with Gasteiger partial charge in [0.2, 0.25) is 0 Å². The molecular formula is C37H40N2O5S. The molecule has 0 bridgehead atoms. The molecule has 1 atom stereocenters. The van der Waals surface area contributed by atoms with Gasteiger partial charge in [0.15, 0.2) is 11.8 Å². The average molecular weight is 625 g/mol. The number of nitrogens with zero attached hydrogens (tertiary/aromatic N) is 1. The molecular weight excluding hydrogens is 584 g/mol. The first-order chi connectivity index (χ1) is 21.9. The maximum absolute atomic E-state index is 12.9. The second kappa shape index (κ2) is 13.9. The summed E-state index contributed by atoms with van der Waals surface area (Å²) in [6.07, 6.45) is 1.84. The first-order valence-corrected chi connectivity index (χ1v) is 16.5. The van der Waals surface area contributed by atoms with Crippen molar-refractivity contribution in [1.29, 1.82) is 0 Å². The maximum Gasteiger partial charge on any atom is 0.329 e. The fourth-order valence-corrected chi connectivity index (χ4v) is 7.19. The summed E-state index contributed by atoms with van der Waals surface area (Å²) in [6, 6.07) is 25.4. The summed E-state index contributed by atoms with van der Waals surface area (Å²) in [5.74, 6) is 1.04. The van der Waals surface area contributed by atoms with Gasteiger partial charge in [0, 0.05) is 27.9 Å². The predicted molar refractivity (Wildman–Crippen MR) is 178 cm³/mol. The molecule has 0 amide bonds. The highest BCUT2D eigenvalue weighted by Gasteiger charge is 2.43. The first-order valence-electron chi connectivity index (χ1n) is 15.7. The van der Waals surface area contributed by atoms with Crippen LogP contribution >= 0.6 is 11.3 Å². The van der Waals surface area contributed by atoms with Crippen LogP contribution in [0.5, 0.6) is 11.5 Å². The average Bonchev–Trinajstić information content (AvgIpc) is 3.57. The van der Waals surface area contributed by atoms with Crippen molar-refractivity contribution in [3.8, 4) is 11.5 Å². The molecule has 0 saturated carbocycles. The first kappa shape index (κ1) is 30.9. The van der Waals surface area contributed by atoms with Crippen molar-refractivity contribution in [3.63, 3.8) is 0 Å². The van der Waals surface area contributed by atoms with Crippen LogP contribution in [0.15, 0.2) is 78.9 Å². The molecule has 2 aliphatic rings. The number of hydrogen-bond acceptors (Lipinski definition) is 7. The van der Waals surface area contributed by atoms with Crippen LogP contribution in [-0.4, -0.2) is 41.8 Å². The normalized spacial score (nSPS) is 16.8. The second-order valence-corrected chi connectivity index (χ2v) is 12.8. The minimum absolute atomic E-state index is 0.131. The van der Waals surface area contributed by atoms with Crippen LogP contribution in [-0.2, 0) is 35.7 Å². The zero-order valence-corrected chi connectivity index (χ0v) is 26.9. The maximum atomic E-state index is 12.9. The lowest BCUT2D eigenvalue weighted by Gasteiger charge is -2.21. The van der Waals surface area contributed by atoms with E-state index in [9.17, 15) is 9.90 Å². The molecule has 6 rings (SSSR count). The zero-order chi connectivity index (χ0) is 31.3. The van der Waals surface area contributed by atoms with E-state index in [0.717, 1.165) is 58.8 Å². The van der Waals surface area contributed by atoms with E-state index < -0.39 is 12.0 Å². The molecule has 0 fully saturated rings. The van der Waals surface area contributed by atoms with E-state index in [1.807, 2.05) is 73.7 Å². The second-order valence-electron chi connectivity index (χ2n) is 11.7. The van der Waals surface area contributed by atoms with E-state index in [0.29, 0.717) is 36.8 Å². The number of ether oxygens (including phenoxy) is 2. The Morgan fingerprint density at radius 3 is 2.22 bits per heavy atom. The van der Waals surface area contributed by atoms with Crippen molar-refractivity contribution in [3.05, 3.63) is 116 Å². The number of benzene rings is 3. The molecule has 1 unspecified atom stereocenters. The standard InChI is InChI=1S/C37H40N2O5S/c1-4-39-35(37(40)41)34(33-19-27-15-17-38-18-16-32(27)45-33)36(44-39)29-20-28(24(2)3)30(42-22-25-11-7-5-8-12-25)21-31(29)43-23-26-13-9-6-10-14-26/h5-14,19-21,24,35,38H,4,15-18,22-23H2,1-3H3,(H,40,41). The summed E-state index contributed by atoms with van der Waals surface area (Å²) in [5, 5.41) is 15.6. The number of carbonyl (C=O) groups is 1. The van der Waals surface area contributed by atoms with E-state index in [4.69, 9.17) is 14.3 Å². The summed E-state index contributed by atoms with van der Waals surface area (Å²) < 4.78 is 13.0. The number of carboxylic acids is 1. The van der Waals surface area contributed by atoms with Crippen LogP contribution < -0.4 is 14.8 Å². The summed E-state index contributed by atoms with van der Waals surface area (Å²) >= 11 is 1.68. The van der Waals surface area contributed by atoms with Gasteiger partial charge in [-0.05, 0) is 73.2 Å². The molecule has 0 radical (unpaired) electrons. The smallest absolute Gasteiger partial charge is 0.329 e. The largest absolute Gasteiger partial charge is 0.488 e. The van der Waals surface area contributed by atoms with Gasteiger partial charge in [-0.15, -0.1) is 16.4 Å². The SMILES string of the molecule is CCN1OC(c2cc(C(C)C)c(OCc3ccccc3)cc2OCc2ccccc2)=C(c2cc3c(s2)CCNCC3)C1C(=O)O. The summed E-state index contributed by atoms with van der Waals surface area (Å²) in [6.45, 7) is 9.18. The Kier molecular flexibility index (Phi) is 9.54. The topological polar surface area (TPSA) is 80.3 Å². The van der Waals surface area contributed by atoms with Gasteiger partial charge >= 0.3 is 5.97 Å². The Hall–Kier alpha value is -4.11. The minimum Gasteiger partial charge on any atom is -0.488 e. The van der Waals surface area contributed by atoms with E-state index in [1.54, 1.807) is 16.4 Å². The number of likely N-dealkylation sites (N-methyl/N-ethyl adjacent to an activating group) is 1. The van der Waals surface area contributed by atoms with Gasteiger partial charge in [0.05, 0.1) is 5.56 Å². The van der Waals surface area contributed by atoms with Crippen LogP contribution in [0.3, 0.4) is 0 Å². The van der Waals surface area contributed by atoms with Gasteiger partial charge < -0.3 is 24.7 Å². The van der Waals surface area contributed by atoms with Crippen molar-refractivity contribution >= 4 is 28.6 Å². The number of rotatable bonds is 11. The van der Waals surface area contributed by atoms with Crippen molar-refractivity contribution in [2.24, 2.45) is 0 Å². The predicted octanol–water partition coefficient (Wildman–Crippen LogP) is 7.31. The minimum atomic E-state index is -0.941. The van der Waals surface area contributed by atoms with Gasteiger partial charge in [-0.25, -0.2) is 0 Å². The zero-order valence-electron chi connectivity index (χ0n) is 26.0. The lowest BCUT2D eigenvalue weighted by Crippen LogP contribution is -2.36. The van der Waals surface area contributed by atoms with Gasteiger partial charge in [0.25, 0.3) is 0 Å². The lowest BCUT2D eigenvalue weighted by atomic mass is 9.94. The molecule has 0 spiro atoms. The monoisotopic (exact) mass is 624 g/mol. The number of hydroxylamine groups is 2. The molecule has 45 heavy (non-hydrogen) atoms. The molecule has 0 aliphatic carbocycles. The Balaban J connectivity index is 1.50. The molecule has 4 aromatic rings. The number of nitrogens with one attached hydrogen (secondary N) is 1. The van der Waals surface area contributed by atoms with Crippen LogP contribution in [0, 0.1) is 0 Å². The van der Waals surface area contributed by atoms with Crippen molar-refractivity contribution < 1.29 is 24.2 Å². The molecule has 3 aromatic carbocycles. The van der Waals surface area contributed by atoms with Crippen LogP contribution in [0.25, 0.3) is 11.3 Å². The highest BCUT2D eigenvalue weighted by Crippen LogP contribution is 2.47. The number of carboxylic acid groups (broad SMARTS) is 1. The van der Waals surface area contributed by atoms with Crippen molar-refractivity contribution in [2.45, 2.75) is 58.8 Å². The van der Waals surface area contributed by atoms with Crippen LogP contribution in [0.4, 0.5) is 0 Å². The molecule has 1 aromatic heterocycles. The molecule has 2 N–H and O–H groups in total. The Bertz CT molecular complexity index is 1640. The third kappa shape index (κ3) is 6.78. The number of aliphatic carboxylic acids is 1. The Labute approximate surface area is 269 Å². The molecule has 8 heteroatoms. The van der Waals surface area contributed by atoms with Gasteiger partial charge in [-0.2, -0.15) is 0 Å². The summed E-state index contributed by atoms with van der Waals surface area (Å²) in [7, 11) is 0. The third-order valence-electron chi connectivity index (χ3n) is 8.28. The fraction of sp³-hybridized carbons (Fsp3) is 0.324. The number of thiophene rings is 1. The van der Waals surface area contributed by atoms with Crippen molar-refractivity contribution in [2.75, 3.05) is 19.6 Å². The summed E-state index contributed by atoms with van der Waals surface area (Å²) in [4.78, 5) is 21.6.